The molecule has 0 saturated carbocycles. The largest absolute Gasteiger partial charge is 0.306 e. The minimum absolute atomic E-state index is 0.0722. The fraction of sp³-hybridized carbons (Fsp3) is 0.235. The predicted octanol–water partition coefficient (Wildman–Crippen LogP) is 2.62. The van der Waals surface area contributed by atoms with Gasteiger partial charge in [0.25, 0.3) is 15.9 Å². The highest BCUT2D eigenvalue weighted by Gasteiger charge is 2.25. The van der Waals surface area contributed by atoms with Gasteiger partial charge in [-0.05, 0) is 36.4 Å². The quantitative estimate of drug-likeness (QED) is 0.765. The Balaban J connectivity index is 1.88. The summed E-state index contributed by atoms with van der Waals surface area (Å²) in [5, 5.41) is 0. The van der Waals surface area contributed by atoms with Crippen molar-refractivity contribution >= 4 is 33.4 Å². The van der Waals surface area contributed by atoms with Gasteiger partial charge in [-0.1, -0.05) is 16.6 Å². The number of rotatable bonds is 4. The van der Waals surface area contributed by atoms with Gasteiger partial charge in [-0.3, -0.25) is 9.63 Å². The van der Waals surface area contributed by atoms with Gasteiger partial charge in [0.2, 0.25) is 0 Å². The van der Waals surface area contributed by atoms with Crippen LogP contribution >= 0.6 is 11.8 Å². The maximum atomic E-state index is 12.8. The van der Waals surface area contributed by atoms with E-state index in [1.807, 2.05) is 24.3 Å². The Labute approximate surface area is 151 Å². The molecular formula is C17H18N2O4S2. The van der Waals surface area contributed by atoms with Crippen molar-refractivity contribution in [3.63, 3.8) is 0 Å². The molecular weight excluding hydrogens is 360 g/mol. The standard InChI is InChI=1S/C17H18N2O4S2/c1-18(23-2)25(21,22)14-9-7-13(8-10-14)17(20)19-11-12-24-16-6-4-3-5-15(16)19/h3-10H,11-12H2,1-2H3. The third-order valence-electron chi connectivity index (χ3n) is 3.97. The summed E-state index contributed by atoms with van der Waals surface area (Å²) < 4.78 is 25.2. The van der Waals surface area contributed by atoms with Crippen molar-refractivity contribution in [3.8, 4) is 0 Å². The number of carbonyl (C=O) groups is 1. The second-order valence-electron chi connectivity index (χ2n) is 5.39. The van der Waals surface area contributed by atoms with Gasteiger partial charge >= 0.3 is 0 Å². The molecule has 8 heteroatoms. The number of amides is 1. The molecule has 1 amide bonds. The lowest BCUT2D eigenvalue weighted by molar-refractivity contribution is -0.0258. The average Bonchev–Trinajstić information content (AvgIpc) is 2.66. The summed E-state index contributed by atoms with van der Waals surface area (Å²) in [4.78, 5) is 20.5. The first-order chi connectivity index (χ1) is 11.9. The van der Waals surface area contributed by atoms with Gasteiger partial charge in [0.15, 0.2) is 0 Å². The van der Waals surface area contributed by atoms with Gasteiger partial charge in [-0.2, -0.15) is 0 Å². The van der Waals surface area contributed by atoms with Gasteiger partial charge in [0.1, 0.15) is 0 Å². The van der Waals surface area contributed by atoms with Gasteiger partial charge in [0, 0.05) is 29.8 Å². The van der Waals surface area contributed by atoms with Crippen LogP contribution in [0.15, 0.2) is 58.3 Å². The highest BCUT2D eigenvalue weighted by Crippen LogP contribution is 2.35. The fourth-order valence-corrected chi connectivity index (χ4v) is 4.52. The Hall–Kier alpha value is -1.87. The highest BCUT2D eigenvalue weighted by molar-refractivity contribution is 7.99. The summed E-state index contributed by atoms with van der Waals surface area (Å²) >= 11 is 1.72. The first-order valence-electron chi connectivity index (χ1n) is 7.62. The number of para-hydroxylation sites is 1. The molecule has 0 aliphatic carbocycles. The number of hydrogen-bond acceptors (Lipinski definition) is 5. The van der Waals surface area contributed by atoms with Crippen molar-refractivity contribution in [1.82, 2.24) is 4.47 Å². The second kappa shape index (κ2) is 7.17. The van der Waals surface area contributed by atoms with Crippen LogP contribution in [0.5, 0.6) is 0 Å². The maximum Gasteiger partial charge on any atom is 0.264 e. The topological polar surface area (TPSA) is 66.9 Å². The van der Waals surface area contributed by atoms with Crippen LogP contribution in [-0.2, 0) is 14.9 Å². The van der Waals surface area contributed by atoms with E-state index in [9.17, 15) is 13.2 Å². The zero-order valence-corrected chi connectivity index (χ0v) is 15.5. The normalized spacial score (nSPS) is 14.4. The lowest BCUT2D eigenvalue weighted by Crippen LogP contribution is -2.35. The fourth-order valence-electron chi connectivity index (χ4n) is 2.55. The minimum atomic E-state index is -3.72. The summed E-state index contributed by atoms with van der Waals surface area (Å²) in [6.07, 6.45) is 0. The van der Waals surface area contributed by atoms with E-state index in [0.717, 1.165) is 20.8 Å². The maximum absolute atomic E-state index is 12.8. The van der Waals surface area contributed by atoms with Crippen molar-refractivity contribution < 1.29 is 18.0 Å². The summed E-state index contributed by atoms with van der Waals surface area (Å²) in [6.45, 7) is 0.618. The molecule has 0 spiro atoms. The van der Waals surface area contributed by atoms with Crippen molar-refractivity contribution in [2.24, 2.45) is 0 Å². The molecule has 3 rings (SSSR count). The monoisotopic (exact) mass is 378 g/mol. The summed E-state index contributed by atoms with van der Waals surface area (Å²) in [6, 6.07) is 13.7. The number of carbonyl (C=O) groups excluding carboxylic acids is 1. The van der Waals surface area contributed by atoms with E-state index in [4.69, 9.17) is 4.84 Å². The number of sulfonamides is 1. The third kappa shape index (κ3) is 3.43. The van der Waals surface area contributed by atoms with Crippen LogP contribution in [0.1, 0.15) is 10.4 Å². The Morgan fingerprint density at radius 3 is 2.52 bits per heavy atom. The summed E-state index contributed by atoms with van der Waals surface area (Å²) in [5.74, 6) is 0.685. The van der Waals surface area contributed by atoms with E-state index >= 15 is 0 Å². The van der Waals surface area contributed by atoms with E-state index in [0.29, 0.717) is 12.1 Å². The van der Waals surface area contributed by atoms with Crippen LogP contribution in [0.4, 0.5) is 5.69 Å². The molecule has 1 aliphatic rings. The van der Waals surface area contributed by atoms with E-state index in [2.05, 4.69) is 0 Å². The van der Waals surface area contributed by atoms with E-state index in [-0.39, 0.29) is 10.8 Å². The summed E-state index contributed by atoms with van der Waals surface area (Å²) in [7, 11) is -1.13. The number of thioether (sulfide) groups is 1. The molecule has 0 N–H and O–H groups in total. The molecule has 0 fully saturated rings. The summed E-state index contributed by atoms with van der Waals surface area (Å²) in [5.41, 5.74) is 1.33. The molecule has 0 saturated heterocycles. The van der Waals surface area contributed by atoms with Crippen LogP contribution in [0, 0.1) is 0 Å². The highest BCUT2D eigenvalue weighted by atomic mass is 32.2. The van der Waals surface area contributed by atoms with Crippen LogP contribution in [0.25, 0.3) is 0 Å². The molecule has 0 unspecified atom stereocenters. The molecule has 1 aliphatic heterocycles. The van der Waals surface area contributed by atoms with Gasteiger partial charge in [0.05, 0.1) is 17.7 Å². The number of nitrogens with zero attached hydrogens (tertiary/aromatic N) is 2. The molecule has 25 heavy (non-hydrogen) atoms. The smallest absolute Gasteiger partial charge is 0.264 e. The SMILES string of the molecule is CON(C)S(=O)(=O)c1ccc(C(=O)N2CCSc3ccccc32)cc1. The van der Waals surface area contributed by atoms with Crippen molar-refractivity contribution in [2.75, 3.05) is 31.4 Å². The lowest BCUT2D eigenvalue weighted by atomic mass is 10.1. The zero-order valence-electron chi connectivity index (χ0n) is 13.9. The molecule has 6 nitrogen and oxygen atoms in total. The number of benzene rings is 2. The Kier molecular flexibility index (Phi) is 5.14. The van der Waals surface area contributed by atoms with Crippen molar-refractivity contribution in [3.05, 3.63) is 54.1 Å². The Morgan fingerprint density at radius 2 is 1.84 bits per heavy atom. The molecule has 1 heterocycles. The Bertz CT molecular complexity index is 882. The van der Waals surface area contributed by atoms with Gasteiger partial charge in [-0.15, -0.1) is 11.8 Å². The molecule has 2 aromatic carbocycles. The molecule has 0 atom stereocenters. The predicted molar refractivity (Wildman–Crippen MR) is 97.2 cm³/mol. The average molecular weight is 378 g/mol. The van der Waals surface area contributed by atoms with Gasteiger partial charge in [-0.25, -0.2) is 8.42 Å². The number of anilines is 1. The second-order valence-corrected chi connectivity index (χ2v) is 8.47. The first-order valence-corrected chi connectivity index (χ1v) is 10.0. The van der Waals surface area contributed by atoms with Crippen LogP contribution in [0.2, 0.25) is 0 Å². The number of hydrogen-bond donors (Lipinski definition) is 0. The van der Waals surface area contributed by atoms with Crippen LogP contribution < -0.4 is 4.90 Å². The number of fused-ring (bicyclic) bond motifs is 1. The molecule has 0 radical (unpaired) electrons. The van der Waals surface area contributed by atoms with Crippen molar-refractivity contribution in [2.45, 2.75) is 9.79 Å². The van der Waals surface area contributed by atoms with E-state index in [1.54, 1.807) is 16.7 Å². The zero-order chi connectivity index (χ0) is 18.0. The van der Waals surface area contributed by atoms with E-state index < -0.39 is 10.0 Å². The minimum Gasteiger partial charge on any atom is -0.306 e. The lowest BCUT2D eigenvalue weighted by Gasteiger charge is -2.29. The Morgan fingerprint density at radius 1 is 1.16 bits per heavy atom. The van der Waals surface area contributed by atoms with E-state index in [1.165, 1.54) is 38.4 Å². The van der Waals surface area contributed by atoms with Gasteiger partial charge < -0.3 is 4.90 Å². The first kappa shape index (κ1) is 17.9. The molecule has 2 aromatic rings. The van der Waals surface area contributed by atoms with Crippen molar-refractivity contribution in [1.29, 1.82) is 0 Å². The van der Waals surface area contributed by atoms with Crippen LogP contribution in [-0.4, -0.2) is 45.2 Å². The third-order valence-corrected chi connectivity index (χ3v) is 6.71. The molecule has 132 valence electrons. The number of hydroxylamine groups is 1. The molecule has 0 bridgehead atoms. The van der Waals surface area contributed by atoms with Crippen LogP contribution in [0.3, 0.4) is 0 Å². The molecule has 0 aromatic heterocycles.